The van der Waals surface area contributed by atoms with E-state index in [1.807, 2.05) is 4.90 Å². The van der Waals surface area contributed by atoms with Crippen LogP contribution in [0.4, 0.5) is 9.18 Å². The highest BCUT2D eigenvalue weighted by Gasteiger charge is 2.43. The summed E-state index contributed by atoms with van der Waals surface area (Å²) in [7, 11) is 0. The SMILES string of the molecule is O=C(NCC1CC2c3ccccc3C1c1ccccc12)N1CCCN(C(=O)c2cccc(F)c2)CC1. The molecule has 3 aromatic carbocycles. The Hall–Kier alpha value is -3.67. The standard InChI is InChI=1S/C30H30FN3O2/c31-22-8-5-7-20(17-22)29(35)33-13-6-14-34(16-15-33)30(36)32-19-21-18-27-23-9-1-3-11-25(23)28(21)26-12-4-2-10-24(26)27/h1-5,7-12,17,21,27-28H,6,13-16,18-19H2,(H,32,36). The molecule has 7 rings (SSSR count). The third-order valence-electron chi connectivity index (χ3n) is 8.08. The summed E-state index contributed by atoms with van der Waals surface area (Å²) in [4.78, 5) is 29.5. The van der Waals surface area contributed by atoms with E-state index in [9.17, 15) is 14.0 Å². The van der Waals surface area contributed by atoms with E-state index >= 15 is 0 Å². The summed E-state index contributed by atoms with van der Waals surface area (Å²) in [5.41, 5.74) is 6.00. The molecule has 184 valence electrons. The van der Waals surface area contributed by atoms with Gasteiger partial charge in [-0.15, -0.1) is 0 Å². The van der Waals surface area contributed by atoms with Gasteiger partial charge in [-0.3, -0.25) is 4.79 Å². The molecule has 1 N–H and O–H groups in total. The summed E-state index contributed by atoms with van der Waals surface area (Å²) >= 11 is 0. The number of fused-ring (bicyclic) bond motifs is 1. The van der Waals surface area contributed by atoms with E-state index < -0.39 is 5.82 Å². The highest BCUT2D eigenvalue weighted by molar-refractivity contribution is 5.94. The first-order valence-electron chi connectivity index (χ1n) is 12.9. The van der Waals surface area contributed by atoms with Gasteiger partial charge in [0.15, 0.2) is 0 Å². The molecule has 2 bridgehead atoms. The van der Waals surface area contributed by atoms with Crippen LogP contribution in [-0.2, 0) is 0 Å². The molecular formula is C30H30FN3O2. The Labute approximate surface area is 210 Å². The molecule has 1 aliphatic heterocycles. The minimum Gasteiger partial charge on any atom is -0.338 e. The molecule has 3 aliphatic carbocycles. The van der Waals surface area contributed by atoms with Gasteiger partial charge in [-0.1, -0.05) is 54.6 Å². The average Bonchev–Trinajstić information content (AvgIpc) is 3.18. The molecule has 1 fully saturated rings. The minimum absolute atomic E-state index is 0.0712. The van der Waals surface area contributed by atoms with E-state index in [1.54, 1.807) is 17.0 Å². The molecule has 1 unspecified atom stereocenters. The molecule has 1 saturated heterocycles. The van der Waals surface area contributed by atoms with Gasteiger partial charge in [-0.25, -0.2) is 9.18 Å². The number of hydrogen-bond donors (Lipinski definition) is 1. The average molecular weight is 484 g/mol. The topological polar surface area (TPSA) is 52.7 Å². The van der Waals surface area contributed by atoms with Crippen LogP contribution in [0.1, 0.15) is 57.3 Å². The number of nitrogens with zero attached hydrogens (tertiary/aromatic N) is 2. The van der Waals surface area contributed by atoms with Gasteiger partial charge in [-0.05, 0) is 59.2 Å². The van der Waals surface area contributed by atoms with E-state index in [4.69, 9.17) is 0 Å². The number of amides is 3. The van der Waals surface area contributed by atoms with Gasteiger partial charge in [0, 0.05) is 50.1 Å². The molecule has 5 nitrogen and oxygen atoms in total. The van der Waals surface area contributed by atoms with Crippen LogP contribution in [-0.4, -0.2) is 54.5 Å². The number of carbonyl (C=O) groups excluding carboxylic acids is 2. The Balaban J connectivity index is 1.11. The molecule has 0 spiro atoms. The molecule has 0 aromatic heterocycles. The van der Waals surface area contributed by atoms with Crippen LogP contribution in [0.3, 0.4) is 0 Å². The van der Waals surface area contributed by atoms with Crippen molar-refractivity contribution in [2.45, 2.75) is 24.7 Å². The van der Waals surface area contributed by atoms with Crippen molar-refractivity contribution in [2.24, 2.45) is 5.92 Å². The number of nitrogens with one attached hydrogen (secondary N) is 1. The summed E-state index contributed by atoms with van der Waals surface area (Å²) < 4.78 is 13.6. The minimum atomic E-state index is -0.418. The molecule has 4 aliphatic rings. The summed E-state index contributed by atoms with van der Waals surface area (Å²) in [5, 5.41) is 3.21. The van der Waals surface area contributed by atoms with Crippen molar-refractivity contribution in [1.29, 1.82) is 0 Å². The number of halogens is 1. The van der Waals surface area contributed by atoms with Crippen molar-refractivity contribution in [3.05, 3.63) is 106 Å². The molecule has 0 saturated carbocycles. The first-order valence-corrected chi connectivity index (χ1v) is 12.9. The molecule has 3 aromatic rings. The molecule has 3 amide bonds. The zero-order valence-electron chi connectivity index (χ0n) is 20.2. The zero-order valence-corrected chi connectivity index (χ0v) is 20.2. The third kappa shape index (κ3) is 4.04. The fourth-order valence-electron chi connectivity index (χ4n) is 6.42. The second-order valence-corrected chi connectivity index (χ2v) is 10.1. The highest BCUT2D eigenvalue weighted by atomic mass is 19.1. The lowest BCUT2D eigenvalue weighted by Gasteiger charge is -2.45. The lowest BCUT2D eigenvalue weighted by Crippen LogP contribution is -2.46. The molecular weight excluding hydrogens is 453 g/mol. The van der Waals surface area contributed by atoms with Gasteiger partial charge in [0.25, 0.3) is 5.91 Å². The van der Waals surface area contributed by atoms with Crippen LogP contribution in [0.15, 0.2) is 72.8 Å². The highest BCUT2D eigenvalue weighted by Crippen LogP contribution is 2.55. The number of urea groups is 1. The Morgan fingerprint density at radius 1 is 0.806 bits per heavy atom. The largest absolute Gasteiger partial charge is 0.338 e. The summed E-state index contributed by atoms with van der Waals surface area (Å²) in [6.45, 7) is 2.69. The molecule has 6 heteroatoms. The van der Waals surface area contributed by atoms with Crippen molar-refractivity contribution in [2.75, 3.05) is 32.7 Å². The van der Waals surface area contributed by atoms with Crippen LogP contribution in [0, 0.1) is 11.7 Å². The number of carbonyl (C=O) groups is 2. The first-order chi connectivity index (χ1) is 17.6. The summed E-state index contributed by atoms with van der Waals surface area (Å²) in [5.74, 6) is 0.420. The van der Waals surface area contributed by atoms with Crippen molar-refractivity contribution >= 4 is 11.9 Å². The van der Waals surface area contributed by atoms with Crippen LogP contribution in [0.2, 0.25) is 0 Å². The number of hydrogen-bond acceptors (Lipinski definition) is 2. The van der Waals surface area contributed by atoms with Crippen molar-refractivity contribution in [1.82, 2.24) is 15.1 Å². The van der Waals surface area contributed by atoms with E-state index in [2.05, 4.69) is 53.8 Å². The summed E-state index contributed by atoms with van der Waals surface area (Å²) in [6.07, 6.45) is 1.73. The third-order valence-corrected chi connectivity index (χ3v) is 8.08. The lowest BCUT2D eigenvalue weighted by atomic mass is 9.59. The van der Waals surface area contributed by atoms with E-state index in [-0.39, 0.29) is 11.9 Å². The second-order valence-electron chi connectivity index (χ2n) is 10.1. The van der Waals surface area contributed by atoms with Crippen LogP contribution in [0.25, 0.3) is 0 Å². The monoisotopic (exact) mass is 483 g/mol. The van der Waals surface area contributed by atoms with E-state index in [0.717, 1.165) is 6.42 Å². The van der Waals surface area contributed by atoms with Gasteiger partial charge in [0.2, 0.25) is 0 Å². The van der Waals surface area contributed by atoms with E-state index in [0.29, 0.717) is 62.5 Å². The molecule has 1 heterocycles. The Kier molecular flexibility index (Phi) is 5.96. The fourth-order valence-corrected chi connectivity index (χ4v) is 6.42. The van der Waals surface area contributed by atoms with E-state index in [1.165, 1.54) is 34.4 Å². The van der Waals surface area contributed by atoms with Crippen LogP contribution in [0.5, 0.6) is 0 Å². The van der Waals surface area contributed by atoms with Crippen LogP contribution < -0.4 is 5.32 Å². The van der Waals surface area contributed by atoms with Crippen molar-refractivity contribution in [3.8, 4) is 0 Å². The van der Waals surface area contributed by atoms with Gasteiger partial charge < -0.3 is 15.1 Å². The number of benzene rings is 3. The number of rotatable bonds is 3. The predicted molar refractivity (Wildman–Crippen MR) is 137 cm³/mol. The van der Waals surface area contributed by atoms with Gasteiger partial charge in [-0.2, -0.15) is 0 Å². The van der Waals surface area contributed by atoms with Gasteiger partial charge in [0.1, 0.15) is 5.82 Å². The van der Waals surface area contributed by atoms with Crippen molar-refractivity contribution in [3.63, 3.8) is 0 Å². The Morgan fingerprint density at radius 2 is 1.44 bits per heavy atom. The Bertz CT molecular complexity index is 1260. The summed E-state index contributed by atoms with van der Waals surface area (Å²) in [6, 6.07) is 23.2. The smallest absolute Gasteiger partial charge is 0.317 e. The zero-order chi connectivity index (χ0) is 24.6. The molecule has 1 atom stereocenters. The molecule has 36 heavy (non-hydrogen) atoms. The fraction of sp³-hybridized carbons (Fsp3) is 0.333. The first kappa shape index (κ1) is 22.8. The normalized spacial score (nSPS) is 22.4. The Morgan fingerprint density at radius 3 is 2.14 bits per heavy atom. The van der Waals surface area contributed by atoms with Gasteiger partial charge in [0.05, 0.1) is 0 Å². The van der Waals surface area contributed by atoms with Crippen LogP contribution >= 0.6 is 0 Å². The maximum absolute atomic E-state index is 13.6. The second kappa shape index (κ2) is 9.41. The molecule has 0 radical (unpaired) electrons. The maximum atomic E-state index is 13.6. The van der Waals surface area contributed by atoms with Gasteiger partial charge >= 0.3 is 6.03 Å². The van der Waals surface area contributed by atoms with Crippen molar-refractivity contribution < 1.29 is 14.0 Å². The maximum Gasteiger partial charge on any atom is 0.317 e. The quantitative estimate of drug-likeness (QED) is 0.571. The predicted octanol–water partition coefficient (Wildman–Crippen LogP) is 4.98. The lowest BCUT2D eigenvalue weighted by molar-refractivity contribution is 0.0761.